The Kier molecular flexibility index (Phi) is 5.63. The third kappa shape index (κ3) is 4.68. The zero-order valence-electron chi connectivity index (χ0n) is 15.3. The Hall–Kier alpha value is -3.97. The summed E-state index contributed by atoms with van der Waals surface area (Å²) in [7, 11) is 0. The molecule has 3 rings (SSSR count). The molecule has 168 valence electrons. The maximum atomic E-state index is 13.2. The summed E-state index contributed by atoms with van der Waals surface area (Å²) in [5, 5.41) is 13.4. The zero-order chi connectivity index (χ0) is 23.8. The van der Waals surface area contributed by atoms with Gasteiger partial charge in [-0.25, -0.2) is 13.9 Å². The van der Waals surface area contributed by atoms with Crippen LogP contribution in [0.15, 0.2) is 53.3 Å². The zero-order valence-corrected chi connectivity index (χ0v) is 15.3. The molecule has 0 radical (unpaired) electrons. The highest BCUT2D eigenvalue weighted by molar-refractivity contribution is 5.68. The van der Waals surface area contributed by atoms with Crippen LogP contribution in [-0.4, -0.2) is 14.5 Å². The third-order valence-electron chi connectivity index (χ3n) is 4.06. The van der Waals surface area contributed by atoms with Crippen molar-refractivity contribution in [2.45, 2.75) is 12.4 Å². The van der Waals surface area contributed by atoms with E-state index in [2.05, 4.69) is 10.3 Å². The first-order valence-corrected chi connectivity index (χ1v) is 8.37. The summed E-state index contributed by atoms with van der Waals surface area (Å²) in [5.41, 5.74) is -6.26. The molecule has 0 saturated carbocycles. The van der Waals surface area contributed by atoms with Crippen molar-refractivity contribution in [1.82, 2.24) is 9.55 Å². The largest absolute Gasteiger partial charge is 0.433 e. The minimum atomic E-state index is -5.08. The van der Waals surface area contributed by atoms with E-state index in [1.165, 1.54) is 0 Å². The molecule has 0 aliphatic heterocycles. The molecule has 0 bridgehead atoms. The van der Waals surface area contributed by atoms with Crippen molar-refractivity contribution in [3.63, 3.8) is 0 Å². The van der Waals surface area contributed by atoms with E-state index in [-0.39, 0.29) is 17.8 Å². The van der Waals surface area contributed by atoms with Gasteiger partial charge in [0.05, 0.1) is 16.2 Å². The van der Waals surface area contributed by atoms with Crippen LogP contribution in [0.5, 0.6) is 0 Å². The Bertz CT molecular complexity index is 1240. The Balaban J connectivity index is 2.22. The number of nitro benzene ring substituents is 1. The molecule has 1 N–H and O–H groups in total. The van der Waals surface area contributed by atoms with Gasteiger partial charge in [-0.05, 0) is 36.4 Å². The number of alkyl halides is 6. The summed E-state index contributed by atoms with van der Waals surface area (Å²) in [4.78, 5) is 25.7. The fourth-order valence-electron chi connectivity index (χ4n) is 2.64. The first-order valence-electron chi connectivity index (χ1n) is 8.37. The van der Waals surface area contributed by atoms with Gasteiger partial charge < -0.3 is 5.32 Å². The van der Waals surface area contributed by atoms with Crippen molar-refractivity contribution in [3.8, 4) is 5.69 Å². The summed E-state index contributed by atoms with van der Waals surface area (Å²) >= 11 is 0. The molecule has 14 heteroatoms. The summed E-state index contributed by atoms with van der Waals surface area (Å²) in [5.74, 6) is -1.62. The van der Waals surface area contributed by atoms with Gasteiger partial charge in [-0.2, -0.15) is 26.3 Å². The van der Waals surface area contributed by atoms with Crippen LogP contribution in [0, 0.1) is 15.9 Å². The Labute approximate surface area is 172 Å². The molecular weight excluding hydrogens is 453 g/mol. The van der Waals surface area contributed by atoms with Crippen molar-refractivity contribution >= 4 is 17.3 Å². The van der Waals surface area contributed by atoms with Gasteiger partial charge in [-0.1, -0.05) is 0 Å². The fourth-order valence-corrected chi connectivity index (χ4v) is 2.64. The highest BCUT2D eigenvalue weighted by atomic mass is 19.4. The average molecular weight is 462 g/mol. The van der Waals surface area contributed by atoms with Crippen LogP contribution in [0.25, 0.3) is 5.69 Å². The maximum Gasteiger partial charge on any atom is 0.433 e. The molecule has 1 heterocycles. The summed E-state index contributed by atoms with van der Waals surface area (Å²) in [6, 6.07) is 5.24. The fraction of sp³-hybridized carbons (Fsp3) is 0.111. The van der Waals surface area contributed by atoms with Gasteiger partial charge in [-0.15, -0.1) is 0 Å². The molecule has 3 aromatic rings. The number of halogens is 7. The molecule has 0 saturated heterocycles. The number of nitro groups is 1. The highest BCUT2D eigenvalue weighted by Crippen LogP contribution is 2.36. The van der Waals surface area contributed by atoms with Crippen LogP contribution in [0.1, 0.15) is 11.3 Å². The van der Waals surface area contributed by atoms with Crippen LogP contribution >= 0.6 is 0 Å². The molecule has 0 aliphatic carbocycles. The second-order valence-corrected chi connectivity index (χ2v) is 6.22. The first-order chi connectivity index (χ1) is 14.8. The lowest BCUT2D eigenvalue weighted by Gasteiger charge is -2.16. The molecule has 0 amide bonds. The predicted molar refractivity (Wildman–Crippen MR) is 96.2 cm³/mol. The quantitative estimate of drug-likeness (QED) is 0.333. The first kappa shape index (κ1) is 22.7. The van der Waals surface area contributed by atoms with Crippen molar-refractivity contribution in [2.75, 3.05) is 5.32 Å². The Morgan fingerprint density at radius 3 is 2.09 bits per heavy atom. The summed E-state index contributed by atoms with van der Waals surface area (Å²) in [6.45, 7) is 0. The topological polar surface area (TPSA) is 90.1 Å². The molecule has 0 spiro atoms. The standard InChI is InChI=1S/C18H9F7N4O3/c19-10-2-4-11(5-3-10)28-15(30)8-14(18(23,24)25)27-16(28)26-12-6-1-9(17(20,21)22)7-13(12)29(31)32/h1-8H,(H,26,27). The second-order valence-electron chi connectivity index (χ2n) is 6.22. The van der Waals surface area contributed by atoms with E-state index in [0.717, 1.165) is 24.3 Å². The van der Waals surface area contributed by atoms with Crippen LogP contribution in [0.3, 0.4) is 0 Å². The van der Waals surface area contributed by atoms with E-state index in [4.69, 9.17) is 0 Å². The van der Waals surface area contributed by atoms with Crippen molar-refractivity contribution in [2.24, 2.45) is 0 Å². The number of rotatable bonds is 4. The van der Waals surface area contributed by atoms with Gasteiger partial charge >= 0.3 is 12.4 Å². The van der Waals surface area contributed by atoms with E-state index in [1.807, 2.05) is 0 Å². The smallest absolute Gasteiger partial charge is 0.319 e. The van der Waals surface area contributed by atoms with E-state index < -0.39 is 57.2 Å². The number of anilines is 2. The molecule has 0 unspecified atom stereocenters. The van der Waals surface area contributed by atoms with E-state index in [9.17, 15) is 45.6 Å². The lowest BCUT2D eigenvalue weighted by molar-refractivity contribution is -0.384. The van der Waals surface area contributed by atoms with Crippen LogP contribution < -0.4 is 10.9 Å². The molecule has 2 aromatic carbocycles. The molecule has 32 heavy (non-hydrogen) atoms. The Morgan fingerprint density at radius 1 is 0.938 bits per heavy atom. The molecule has 1 aromatic heterocycles. The van der Waals surface area contributed by atoms with Crippen molar-refractivity contribution < 1.29 is 35.7 Å². The highest BCUT2D eigenvalue weighted by Gasteiger charge is 2.35. The van der Waals surface area contributed by atoms with Gasteiger partial charge in [0.15, 0.2) is 5.69 Å². The third-order valence-corrected chi connectivity index (χ3v) is 4.06. The van der Waals surface area contributed by atoms with Crippen molar-refractivity contribution in [3.05, 3.63) is 86.1 Å². The number of hydrogen-bond acceptors (Lipinski definition) is 5. The average Bonchev–Trinajstić information content (AvgIpc) is 2.67. The molecule has 0 atom stereocenters. The number of nitrogens with one attached hydrogen (secondary N) is 1. The van der Waals surface area contributed by atoms with Gasteiger partial charge in [0.2, 0.25) is 5.95 Å². The van der Waals surface area contributed by atoms with Gasteiger partial charge in [0.25, 0.3) is 11.2 Å². The summed E-state index contributed by atoms with van der Waals surface area (Å²) < 4.78 is 91.9. The molecule has 7 nitrogen and oxygen atoms in total. The van der Waals surface area contributed by atoms with Gasteiger partial charge in [-0.3, -0.25) is 14.9 Å². The number of aromatic nitrogens is 2. The maximum absolute atomic E-state index is 13.2. The second kappa shape index (κ2) is 7.94. The SMILES string of the molecule is O=c1cc(C(F)(F)F)nc(Nc2ccc(C(F)(F)F)cc2[N+](=O)[O-])n1-c1ccc(F)cc1. The summed E-state index contributed by atoms with van der Waals surface area (Å²) in [6.07, 6.45) is -10.0. The number of hydrogen-bond donors (Lipinski definition) is 1. The van der Waals surface area contributed by atoms with E-state index in [0.29, 0.717) is 16.7 Å². The molecular formula is C18H9F7N4O3. The van der Waals surface area contributed by atoms with Gasteiger partial charge in [0, 0.05) is 12.1 Å². The van der Waals surface area contributed by atoms with E-state index in [1.54, 1.807) is 0 Å². The lowest BCUT2D eigenvalue weighted by Crippen LogP contribution is -2.25. The van der Waals surface area contributed by atoms with Crippen molar-refractivity contribution in [1.29, 1.82) is 0 Å². The lowest BCUT2D eigenvalue weighted by atomic mass is 10.1. The monoisotopic (exact) mass is 462 g/mol. The van der Waals surface area contributed by atoms with Gasteiger partial charge in [0.1, 0.15) is 11.5 Å². The number of nitrogens with zero attached hydrogens (tertiary/aromatic N) is 3. The minimum absolute atomic E-state index is 0.149. The molecule has 0 aliphatic rings. The Morgan fingerprint density at radius 2 is 1.56 bits per heavy atom. The van der Waals surface area contributed by atoms with E-state index >= 15 is 0 Å². The molecule has 0 fully saturated rings. The number of benzene rings is 2. The van der Waals surface area contributed by atoms with Crippen LogP contribution in [-0.2, 0) is 12.4 Å². The predicted octanol–water partition coefficient (Wildman–Crippen LogP) is 5.06. The minimum Gasteiger partial charge on any atom is -0.319 e. The van der Waals surface area contributed by atoms with Crippen LogP contribution in [0.2, 0.25) is 0 Å². The van der Waals surface area contributed by atoms with Crippen LogP contribution in [0.4, 0.5) is 48.1 Å². The normalized spacial score (nSPS) is 12.0.